The van der Waals surface area contributed by atoms with Crippen molar-refractivity contribution >= 4 is 17.0 Å². The lowest BCUT2D eigenvalue weighted by Crippen LogP contribution is -2.40. The number of carbonyl (C=O) groups is 1. The first-order valence-electron chi connectivity index (χ1n) is 6.17. The Morgan fingerprint density at radius 1 is 1.33 bits per heavy atom. The van der Waals surface area contributed by atoms with Gasteiger partial charge in [-0.15, -0.1) is 0 Å². The van der Waals surface area contributed by atoms with Gasteiger partial charge < -0.3 is 15.1 Å². The molecule has 0 fully saturated rings. The summed E-state index contributed by atoms with van der Waals surface area (Å²) >= 11 is 0. The summed E-state index contributed by atoms with van der Waals surface area (Å²) in [6.07, 6.45) is 0.695. The van der Waals surface area contributed by atoms with Gasteiger partial charge in [-0.25, -0.2) is 4.79 Å². The second-order valence-electron chi connectivity index (χ2n) is 4.56. The Morgan fingerprint density at radius 3 is 2.83 bits per heavy atom. The summed E-state index contributed by atoms with van der Waals surface area (Å²) in [5, 5.41) is 6.67. The molecule has 0 aliphatic heterocycles. The maximum Gasteiger partial charge on any atom is 0.314 e. The van der Waals surface area contributed by atoms with Gasteiger partial charge in [0.1, 0.15) is 11.3 Å². The molecule has 2 N–H and O–H groups in total. The third-order valence-electron chi connectivity index (χ3n) is 2.55. The van der Waals surface area contributed by atoms with Crippen molar-refractivity contribution in [2.24, 2.45) is 0 Å². The summed E-state index contributed by atoms with van der Waals surface area (Å²) in [6, 6.07) is 9.91. The fourth-order valence-electron chi connectivity index (χ4n) is 1.77. The van der Waals surface area contributed by atoms with Crippen LogP contribution < -0.4 is 10.6 Å². The molecule has 1 aromatic carbocycles. The van der Waals surface area contributed by atoms with E-state index in [2.05, 4.69) is 10.6 Å². The fourth-order valence-corrected chi connectivity index (χ4v) is 1.77. The van der Waals surface area contributed by atoms with Crippen molar-refractivity contribution in [2.45, 2.75) is 26.3 Å². The number of benzene rings is 1. The molecule has 4 heteroatoms. The number of hydrogen-bond donors (Lipinski definition) is 2. The van der Waals surface area contributed by atoms with Gasteiger partial charge in [0.15, 0.2) is 0 Å². The highest BCUT2D eigenvalue weighted by Crippen LogP contribution is 2.18. The summed E-state index contributed by atoms with van der Waals surface area (Å²) in [6.45, 7) is 4.43. The molecule has 2 amide bonds. The average Bonchev–Trinajstić information content (AvgIpc) is 2.70. The first kappa shape index (κ1) is 12.5. The van der Waals surface area contributed by atoms with Crippen LogP contribution in [-0.4, -0.2) is 18.6 Å². The van der Waals surface area contributed by atoms with E-state index >= 15 is 0 Å². The van der Waals surface area contributed by atoms with Gasteiger partial charge in [-0.05, 0) is 26.0 Å². The van der Waals surface area contributed by atoms with Gasteiger partial charge in [-0.1, -0.05) is 18.2 Å². The third kappa shape index (κ3) is 3.26. The Morgan fingerprint density at radius 2 is 2.11 bits per heavy atom. The van der Waals surface area contributed by atoms with Crippen LogP contribution in [0.2, 0.25) is 0 Å². The Hall–Kier alpha value is -1.97. The van der Waals surface area contributed by atoms with Gasteiger partial charge in [0.2, 0.25) is 0 Å². The molecule has 0 bridgehead atoms. The summed E-state index contributed by atoms with van der Waals surface area (Å²) in [7, 11) is 0. The SMILES string of the molecule is CC(C)NC(=O)NCCc1cc2ccccc2o1. The molecule has 0 saturated heterocycles. The molecule has 2 aromatic rings. The van der Waals surface area contributed by atoms with Gasteiger partial charge in [0.25, 0.3) is 0 Å². The minimum atomic E-state index is -0.138. The van der Waals surface area contributed by atoms with Crippen LogP contribution in [0.5, 0.6) is 0 Å². The van der Waals surface area contributed by atoms with Crippen molar-refractivity contribution in [3.05, 3.63) is 36.1 Å². The van der Waals surface area contributed by atoms with Gasteiger partial charge in [0.05, 0.1) is 0 Å². The van der Waals surface area contributed by atoms with Crippen LogP contribution >= 0.6 is 0 Å². The van der Waals surface area contributed by atoms with E-state index in [0.717, 1.165) is 16.7 Å². The molecule has 0 unspecified atom stereocenters. The maximum absolute atomic E-state index is 11.4. The van der Waals surface area contributed by atoms with E-state index in [1.165, 1.54) is 0 Å². The normalized spacial score (nSPS) is 10.8. The van der Waals surface area contributed by atoms with Crippen LogP contribution in [0, 0.1) is 0 Å². The first-order chi connectivity index (χ1) is 8.65. The molecule has 0 aliphatic rings. The maximum atomic E-state index is 11.4. The predicted octanol–water partition coefficient (Wildman–Crippen LogP) is 2.68. The van der Waals surface area contributed by atoms with Crippen molar-refractivity contribution in [3.8, 4) is 0 Å². The molecule has 0 saturated carbocycles. The van der Waals surface area contributed by atoms with Crippen molar-refractivity contribution in [1.82, 2.24) is 10.6 Å². The van der Waals surface area contributed by atoms with Gasteiger partial charge in [-0.3, -0.25) is 0 Å². The number of nitrogens with one attached hydrogen (secondary N) is 2. The highest BCUT2D eigenvalue weighted by Gasteiger charge is 2.05. The Kier molecular flexibility index (Phi) is 3.87. The monoisotopic (exact) mass is 246 g/mol. The lowest BCUT2D eigenvalue weighted by Gasteiger charge is -2.09. The number of fused-ring (bicyclic) bond motifs is 1. The molecule has 1 aromatic heterocycles. The zero-order valence-corrected chi connectivity index (χ0v) is 10.7. The van der Waals surface area contributed by atoms with Gasteiger partial charge in [0, 0.05) is 24.4 Å². The molecule has 18 heavy (non-hydrogen) atoms. The molecule has 1 heterocycles. The largest absolute Gasteiger partial charge is 0.461 e. The molecular weight excluding hydrogens is 228 g/mol. The Labute approximate surface area is 106 Å². The topological polar surface area (TPSA) is 54.3 Å². The third-order valence-corrected chi connectivity index (χ3v) is 2.55. The Bertz CT molecular complexity index is 498. The standard InChI is InChI=1S/C14H18N2O2/c1-10(2)16-14(17)15-8-7-12-9-11-5-3-4-6-13(11)18-12/h3-6,9-10H,7-8H2,1-2H3,(H2,15,16,17). The van der Waals surface area contributed by atoms with E-state index in [0.29, 0.717) is 13.0 Å². The highest BCUT2D eigenvalue weighted by atomic mass is 16.3. The zero-order chi connectivity index (χ0) is 13.0. The summed E-state index contributed by atoms with van der Waals surface area (Å²) in [5.74, 6) is 0.890. The molecule has 0 aliphatic carbocycles. The van der Waals surface area contributed by atoms with Crippen molar-refractivity contribution in [3.63, 3.8) is 0 Å². The van der Waals surface area contributed by atoms with Crippen molar-refractivity contribution < 1.29 is 9.21 Å². The summed E-state index contributed by atoms with van der Waals surface area (Å²) in [4.78, 5) is 11.4. The first-order valence-corrected chi connectivity index (χ1v) is 6.17. The van der Waals surface area contributed by atoms with E-state index in [-0.39, 0.29) is 12.1 Å². The minimum absolute atomic E-state index is 0.138. The number of hydrogen-bond acceptors (Lipinski definition) is 2. The lowest BCUT2D eigenvalue weighted by molar-refractivity contribution is 0.238. The lowest BCUT2D eigenvalue weighted by atomic mass is 10.2. The smallest absolute Gasteiger partial charge is 0.314 e. The van der Waals surface area contributed by atoms with Crippen LogP contribution in [-0.2, 0) is 6.42 Å². The number of rotatable bonds is 4. The predicted molar refractivity (Wildman–Crippen MR) is 71.6 cm³/mol. The summed E-state index contributed by atoms with van der Waals surface area (Å²) in [5.41, 5.74) is 0.888. The van der Waals surface area contributed by atoms with E-state index in [1.54, 1.807) is 0 Å². The zero-order valence-electron chi connectivity index (χ0n) is 10.7. The Balaban J connectivity index is 1.85. The molecule has 0 spiro atoms. The number of carbonyl (C=O) groups excluding carboxylic acids is 1. The molecule has 0 atom stereocenters. The van der Waals surface area contributed by atoms with E-state index in [4.69, 9.17) is 4.42 Å². The summed E-state index contributed by atoms with van der Waals surface area (Å²) < 4.78 is 5.66. The molecule has 96 valence electrons. The second kappa shape index (κ2) is 5.58. The highest BCUT2D eigenvalue weighted by molar-refractivity contribution is 5.77. The van der Waals surface area contributed by atoms with Crippen molar-refractivity contribution in [1.29, 1.82) is 0 Å². The van der Waals surface area contributed by atoms with Gasteiger partial charge >= 0.3 is 6.03 Å². The van der Waals surface area contributed by atoms with Gasteiger partial charge in [-0.2, -0.15) is 0 Å². The van der Waals surface area contributed by atoms with Crippen LogP contribution in [0.25, 0.3) is 11.0 Å². The molecule has 0 radical (unpaired) electrons. The van der Waals surface area contributed by atoms with E-state index in [1.807, 2.05) is 44.2 Å². The fraction of sp³-hybridized carbons (Fsp3) is 0.357. The molecule has 2 rings (SSSR count). The van der Waals surface area contributed by atoms with Crippen molar-refractivity contribution in [2.75, 3.05) is 6.54 Å². The van der Waals surface area contributed by atoms with Crippen LogP contribution in [0.1, 0.15) is 19.6 Å². The van der Waals surface area contributed by atoms with Crippen LogP contribution in [0.15, 0.2) is 34.7 Å². The van der Waals surface area contributed by atoms with E-state index in [9.17, 15) is 4.79 Å². The van der Waals surface area contributed by atoms with E-state index < -0.39 is 0 Å². The average molecular weight is 246 g/mol. The van der Waals surface area contributed by atoms with Crippen LogP contribution in [0.4, 0.5) is 4.79 Å². The van der Waals surface area contributed by atoms with Crippen LogP contribution in [0.3, 0.4) is 0 Å². The minimum Gasteiger partial charge on any atom is -0.461 e. The number of urea groups is 1. The number of para-hydroxylation sites is 1. The number of amides is 2. The second-order valence-corrected chi connectivity index (χ2v) is 4.56. The molecular formula is C14H18N2O2. The molecule has 4 nitrogen and oxygen atoms in total. The quantitative estimate of drug-likeness (QED) is 0.871. The number of furan rings is 1.